The minimum Gasteiger partial charge on any atom is -0.444 e. The van der Waals surface area contributed by atoms with Crippen molar-refractivity contribution in [1.82, 2.24) is 4.90 Å². The standard InChI is InChI=1S/C17H23Cl2NO4/c1-17(2,3)24-16(22)20-6-7-23-15(10-21)12(9-20)11-4-5-13(18)14(19)8-11/h4-5,8,12,15,21H,6-7,9-10H2,1-3H3/t12-,15-/m0/s1. The lowest BCUT2D eigenvalue weighted by Gasteiger charge is -2.29. The van der Waals surface area contributed by atoms with E-state index in [1.165, 1.54) is 0 Å². The summed E-state index contributed by atoms with van der Waals surface area (Å²) in [6, 6.07) is 5.29. The normalized spacial score (nSPS) is 22.2. The third-order valence-corrected chi connectivity index (χ3v) is 4.50. The van der Waals surface area contributed by atoms with Crippen molar-refractivity contribution in [2.45, 2.75) is 38.4 Å². The summed E-state index contributed by atoms with van der Waals surface area (Å²) in [6.07, 6.45) is -0.815. The maximum Gasteiger partial charge on any atom is 0.410 e. The van der Waals surface area contributed by atoms with Crippen LogP contribution in [0.3, 0.4) is 0 Å². The van der Waals surface area contributed by atoms with Gasteiger partial charge in [-0.15, -0.1) is 0 Å². The second-order valence-electron chi connectivity index (χ2n) is 6.80. The van der Waals surface area contributed by atoms with Gasteiger partial charge in [-0.3, -0.25) is 0 Å². The molecule has 5 nitrogen and oxygen atoms in total. The van der Waals surface area contributed by atoms with Gasteiger partial charge < -0.3 is 19.5 Å². The van der Waals surface area contributed by atoms with Crippen molar-refractivity contribution < 1.29 is 19.4 Å². The molecule has 1 N–H and O–H groups in total. The van der Waals surface area contributed by atoms with Gasteiger partial charge in [0.05, 0.1) is 29.4 Å². The van der Waals surface area contributed by atoms with Crippen molar-refractivity contribution >= 4 is 29.3 Å². The molecule has 2 rings (SSSR count). The predicted molar refractivity (Wildman–Crippen MR) is 93.8 cm³/mol. The maximum atomic E-state index is 12.4. The molecule has 7 heteroatoms. The van der Waals surface area contributed by atoms with Crippen LogP contribution in [0.25, 0.3) is 0 Å². The molecule has 0 aliphatic carbocycles. The van der Waals surface area contributed by atoms with E-state index < -0.39 is 17.8 Å². The third-order valence-electron chi connectivity index (χ3n) is 3.76. The van der Waals surface area contributed by atoms with Gasteiger partial charge in [-0.2, -0.15) is 0 Å². The highest BCUT2D eigenvalue weighted by molar-refractivity contribution is 6.42. The molecule has 1 aliphatic heterocycles. The Morgan fingerprint density at radius 2 is 2.08 bits per heavy atom. The molecule has 0 spiro atoms. The largest absolute Gasteiger partial charge is 0.444 e. The van der Waals surface area contributed by atoms with Gasteiger partial charge in [-0.1, -0.05) is 29.3 Å². The molecule has 1 amide bonds. The molecule has 0 saturated carbocycles. The Kier molecular flexibility index (Phi) is 6.37. The summed E-state index contributed by atoms with van der Waals surface area (Å²) in [5.74, 6) is -0.222. The number of halogens is 2. The summed E-state index contributed by atoms with van der Waals surface area (Å²) in [5.41, 5.74) is 0.290. The fourth-order valence-corrected chi connectivity index (χ4v) is 2.92. The molecule has 1 saturated heterocycles. The van der Waals surface area contributed by atoms with Gasteiger partial charge in [0.25, 0.3) is 0 Å². The molecular formula is C17H23Cl2NO4. The number of ether oxygens (including phenoxy) is 2. The number of carbonyl (C=O) groups is 1. The molecule has 2 atom stereocenters. The Balaban J connectivity index is 2.24. The molecule has 1 heterocycles. The van der Waals surface area contributed by atoms with Gasteiger partial charge in [0.15, 0.2) is 0 Å². The number of benzene rings is 1. The molecule has 0 unspecified atom stereocenters. The van der Waals surface area contributed by atoms with Crippen LogP contribution < -0.4 is 0 Å². The molecule has 0 radical (unpaired) electrons. The summed E-state index contributed by atoms with van der Waals surface area (Å²) in [7, 11) is 0. The lowest BCUT2D eigenvalue weighted by molar-refractivity contribution is 0.00926. The maximum absolute atomic E-state index is 12.4. The van der Waals surface area contributed by atoms with Crippen LogP contribution in [0.1, 0.15) is 32.3 Å². The van der Waals surface area contributed by atoms with Gasteiger partial charge in [-0.05, 0) is 38.5 Å². The molecule has 1 fully saturated rings. The quantitative estimate of drug-likeness (QED) is 0.855. The van der Waals surface area contributed by atoms with Gasteiger partial charge in [0.2, 0.25) is 0 Å². The van der Waals surface area contributed by atoms with E-state index in [-0.39, 0.29) is 12.5 Å². The van der Waals surface area contributed by atoms with E-state index in [1.54, 1.807) is 17.0 Å². The second-order valence-corrected chi connectivity index (χ2v) is 7.61. The summed E-state index contributed by atoms with van der Waals surface area (Å²) >= 11 is 12.1. The SMILES string of the molecule is CC(C)(C)OC(=O)N1CCO[C@@H](CO)[C@H](c2ccc(Cl)c(Cl)c2)C1. The number of nitrogens with zero attached hydrogens (tertiary/aromatic N) is 1. The van der Waals surface area contributed by atoms with Crippen LogP contribution in [-0.4, -0.2) is 54.1 Å². The van der Waals surface area contributed by atoms with E-state index >= 15 is 0 Å². The van der Waals surface area contributed by atoms with Gasteiger partial charge in [0.1, 0.15) is 5.60 Å². The monoisotopic (exact) mass is 375 g/mol. The van der Waals surface area contributed by atoms with E-state index in [1.807, 2.05) is 26.8 Å². The molecular weight excluding hydrogens is 353 g/mol. The lowest BCUT2D eigenvalue weighted by Crippen LogP contribution is -2.40. The summed E-state index contributed by atoms with van der Waals surface area (Å²) in [5, 5.41) is 10.6. The first-order valence-corrected chi connectivity index (χ1v) is 8.62. The van der Waals surface area contributed by atoms with Crippen molar-refractivity contribution in [3.8, 4) is 0 Å². The molecule has 24 heavy (non-hydrogen) atoms. The van der Waals surface area contributed by atoms with Crippen LogP contribution in [0.4, 0.5) is 4.79 Å². The Morgan fingerprint density at radius 3 is 2.67 bits per heavy atom. The first-order valence-electron chi connectivity index (χ1n) is 7.86. The van der Waals surface area contributed by atoms with Crippen molar-refractivity contribution in [1.29, 1.82) is 0 Å². The van der Waals surface area contributed by atoms with E-state index in [2.05, 4.69) is 0 Å². The van der Waals surface area contributed by atoms with Crippen molar-refractivity contribution in [2.24, 2.45) is 0 Å². The first-order chi connectivity index (χ1) is 11.2. The smallest absolute Gasteiger partial charge is 0.410 e. The Morgan fingerprint density at radius 1 is 1.38 bits per heavy atom. The summed E-state index contributed by atoms with van der Waals surface area (Å²) < 4.78 is 11.2. The van der Waals surface area contributed by atoms with Gasteiger partial charge >= 0.3 is 6.09 Å². The average molecular weight is 376 g/mol. The van der Waals surface area contributed by atoms with E-state index in [0.717, 1.165) is 5.56 Å². The minimum absolute atomic E-state index is 0.146. The van der Waals surface area contributed by atoms with Crippen LogP contribution in [0.15, 0.2) is 18.2 Å². The number of aliphatic hydroxyl groups is 1. The minimum atomic E-state index is -0.570. The Labute approximate surface area is 152 Å². The molecule has 1 aromatic rings. The molecule has 1 aliphatic rings. The van der Waals surface area contributed by atoms with E-state index in [4.69, 9.17) is 32.7 Å². The number of hydrogen-bond acceptors (Lipinski definition) is 4. The first kappa shape index (κ1) is 19.3. The van der Waals surface area contributed by atoms with Crippen molar-refractivity contribution in [3.05, 3.63) is 33.8 Å². The molecule has 0 aromatic heterocycles. The van der Waals surface area contributed by atoms with Crippen LogP contribution >= 0.6 is 23.2 Å². The number of hydrogen-bond donors (Lipinski definition) is 1. The summed E-state index contributed by atoms with van der Waals surface area (Å²) in [4.78, 5) is 14.0. The zero-order valence-electron chi connectivity index (χ0n) is 14.1. The fraction of sp³-hybridized carbons (Fsp3) is 0.588. The molecule has 1 aromatic carbocycles. The highest BCUT2D eigenvalue weighted by Gasteiger charge is 2.33. The van der Waals surface area contributed by atoms with Gasteiger partial charge in [0, 0.05) is 19.0 Å². The van der Waals surface area contributed by atoms with Crippen LogP contribution in [0.2, 0.25) is 10.0 Å². The fourth-order valence-electron chi connectivity index (χ4n) is 2.61. The average Bonchev–Trinajstić information content (AvgIpc) is 2.70. The zero-order valence-corrected chi connectivity index (χ0v) is 15.6. The third kappa shape index (κ3) is 4.99. The summed E-state index contributed by atoms with van der Waals surface area (Å²) in [6.45, 7) is 6.45. The van der Waals surface area contributed by atoms with Crippen molar-refractivity contribution in [3.63, 3.8) is 0 Å². The predicted octanol–water partition coefficient (Wildman–Crippen LogP) is 3.71. The number of amides is 1. The number of rotatable bonds is 2. The van der Waals surface area contributed by atoms with Crippen molar-refractivity contribution in [2.75, 3.05) is 26.3 Å². The number of carbonyl (C=O) groups excluding carboxylic acids is 1. The second kappa shape index (κ2) is 7.91. The molecule has 134 valence electrons. The van der Waals surface area contributed by atoms with Crippen LogP contribution in [-0.2, 0) is 9.47 Å². The van der Waals surface area contributed by atoms with Crippen LogP contribution in [0.5, 0.6) is 0 Å². The molecule has 0 bridgehead atoms. The van der Waals surface area contributed by atoms with Gasteiger partial charge in [-0.25, -0.2) is 4.79 Å². The van der Waals surface area contributed by atoms with E-state index in [0.29, 0.717) is 29.7 Å². The lowest BCUT2D eigenvalue weighted by atomic mass is 9.93. The topological polar surface area (TPSA) is 59.0 Å². The van der Waals surface area contributed by atoms with E-state index in [9.17, 15) is 9.90 Å². The number of aliphatic hydroxyl groups excluding tert-OH is 1. The highest BCUT2D eigenvalue weighted by Crippen LogP contribution is 2.31. The Hall–Kier alpha value is -1.01. The highest BCUT2D eigenvalue weighted by atomic mass is 35.5. The zero-order chi connectivity index (χ0) is 17.9. The van der Waals surface area contributed by atoms with Crippen LogP contribution in [0, 0.1) is 0 Å². The Bertz CT molecular complexity index is 588.